The molecular weight excluding hydrogens is 391 g/mol. The third-order valence-corrected chi connectivity index (χ3v) is 5.10. The molecule has 0 saturated carbocycles. The number of nitrogens with one attached hydrogen (secondary N) is 2. The third kappa shape index (κ3) is 4.16. The highest BCUT2D eigenvalue weighted by Crippen LogP contribution is 2.40. The monoisotopic (exact) mass is 405 g/mol. The van der Waals surface area contributed by atoms with Crippen molar-refractivity contribution in [2.75, 3.05) is 31.1 Å². The Bertz CT molecular complexity index is 775. The van der Waals surface area contributed by atoms with Crippen molar-refractivity contribution in [2.24, 2.45) is 0 Å². The Kier molecular flexibility index (Phi) is 5.50. The van der Waals surface area contributed by atoms with Crippen LogP contribution in [0.1, 0.15) is 17.5 Å². The lowest BCUT2D eigenvalue weighted by molar-refractivity contribution is -0.137. The molecule has 0 unspecified atom stereocenters. The second-order valence-corrected chi connectivity index (χ2v) is 7.26. The first-order valence-electron chi connectivity index (χ1n) is 7.87. The quantitative estimate of drug-likeness (QED) is 0.738. The summed E-state index contributed by atoms with van der Waals surface area (Å²) in [5.74, 6) is -0.628. The number of carbonyl (C=O) groups excluding carboxylic acids is 2. The van der Waals surface area contributed by atoms with E-state index in [4.69, 9.17) is 11.6 Å². The highest BCUT2D eigenvalue weighted by molar-refractivity contribution is 8.18. The van der Waals surface area contributed by atoms with E-state index in [1.54, 1.807) is 0 Å². The van der Waals surface area contributed by atoms with Crippen molar-refractivity contribution in [1.29, 1.82) is 0 Å². The van der Waals surface area contributed by atoms with E-state index in [9.17, 15) is 22.8 Å². The summed E-state index contributed by atoms with van der Waals surface area (Å²) in [6.45, 7) is 2.66. The molecular formula is C16H15ClF3N3O2S. The minimum Gasteiger partial charge on any atom is -0.369 e. The summed E-state index contributed by atoms with van der Waals surface area (Å²) in [4.78, 5) is 25.1. The van der Waals surface area contributed by atoms with Crippen LogP contribution in [0.15, 0.2) is 17.0 Å². The number of rotatable bonds is 2. The molecule has 0 bridgehead atoms. The molecule has 2 amide bonds. The van der Waals surface area contributed by atoms with Crippen LogP contribution in [0.25, 0.3) is 6.08 Å². The summed E-state index contributed by atoms with van der Waals surface area (Å²) in [5, 5.41) is 4.71. The Morgan fingerprint density at radius 3 is 2.62 bits per heavy atom. The SMILES string of the molecule is O=C1NC(=O)/C(=C\c2cc(C(F)(F)F)cc(Cl)c2N2CCCNCC2)S1. The summed E-state index contributed by atoms with van der Waals surface area (Å²) >= 11 is 6.87. The standard InChI is InChI=1S/C16H15ClF3N3O2S/c17-11-8-10(16(18,19)20)6-9(7-12-14(24)22-15(25)26-12)13(11)23-4-1-2-21-3-5-23/h6-8,21H,1-5H2,(H,22,24,25)/b12-7+. The Morgan fingerprint density at radius 1 is 1.19 bits per heavy atom. The number of carbonyl (C=O) groups is 2. The Hall–Kier alpha value is -1.71. The third-order valence-electron chi connectivity index (χ3n) is 4.01. The molecule has 0 aromatic heterocycles. The van der Waals surface area contributed by atoms with Gasteiger partial charge in [-0.15, -0.1) is 0 Å². The molecule has 2 aliphatic heterocycles. The van der Waals surface area contributed by atoms with Crippen LogP contribution in [-0.4, -0.2) is 37.3 Å². The highest BCUT2D eigenvalue weighted by atomic mass is 35.5. The van der Waals surface area contributed by atoms with Gasteiger partial charge in [-0.25, -0.2) is 0 Å². The van der Waals surface area contributed by atoms with Crippen LogP contribution in [-0.2, 0) is 11.0 Å². The fourth-order valence-electron chi connectivity index (χ4n) is 2.86. The van der Waals surface area contributed by atoms with Gasteiger partial charge < -0.3 is 10.2 Å². The molecule has 140 valence electrons. The first-order valence-corrected chi connectivity index (χ1v) is 9.06. The molecule has 26 heavy (non-hydrogen) atoms. The van der Waals surface area contributed by atoms with Crippen LogP contribution in [0.3, 0.4) is 0 Å². The number of nitrogens with zero attached hydrogens (tertiary/aromatic N) is 1. The van der Waals surface area contributed by atoms with E-state index in [1.807, 2.05) is 4.90 Å². The van der Waals surface area contributed by atoms with Gasteiger partial charge in [0.1, 0.15) is 0 Å². The zero-order chi connectivity index (χ0) is 18.9. The number of amides is 2. The largest absolute Gasteiger partial charge is 0.416 e. The minimum absolute atomic E-state index is 0.0386. The van der Waals surface area contributed by atoms with Gasteiger partial charge >= 0.3 is 6.18 Å². The van der Waals surface area contributed by atoms with Gasteiger partial charge in [-0.3, -0.25) is 14.9 Å². The van der Waals surface area contributed by atoms with Crippen LogP contribution < -0.4 is 15.5 Å². The predicted molar refractivity (Wildman–Crippen MR) is 95.3 cm³/mol. The molecule has 2 saturated heterocycles. The number of imide groups is 1. The summed E-state index contributed by atoms with van der Waals surface area (Å²) in [6.07, 6.45) is -2.47. The van der Waals surface area contributed by atoms with Crippen molar-refractivity contribution in [3.63, 3.8) is 0 Å². The van der Waals surface area contributed by atoms with E-state index in [-0.39, 0.29) is 15.5 Å². The first-order chi connectivity index (χ1) is 12.3. The average Bonchev–Trinajstić information content (AvgIpc) is 2.75. The van der Waals surface area contributed by atoms with Gasteiger partial charge in [0.05, 0.1) is 21.2 Å². The number of alkyl halides is 3. The lowest BCUT2D eigenvalue weighted by Gasteiger charge is -2.26. The first kappa shape index (κ1) is 19.1. The molecule has 1 aromatic rings. The molecule has 2 fully saturated rings. The van der Waals surface area contributed by atoms with Crippen molar-refractivity contribution < 1.29 is 22.8 Å². The molecule has 2 aliphatic rings. The smallest absolute Gasteiger partial charge is 0.369 e. The maximum Gasteiger partial charge on any atom is 0.416 e. The molecule has 0 atom stereocenters. The molecule has 2 heterocycles. The Labute approximate surface area is 156 Å². The van der Waals surface area contributed by atoms with Crippen LogP contribution in [0.2, 0.25) is 5.02 Å². The lowest BCUT2D eigenvalue weighted by atomic mass is 10.1. The van der Waals surface area contributed by atoms with E-state index in [2.05, 4.69) is 10.6 Å². The zero-order valence-electron chi connectivity index (χ0n) is 13.5. The van der Waals surface area contributed by atoms with Gasteiger partial charge in [-0.2, -0.15) is 13.2 Å². The fourth-order valence-corrected chi connectivity index (χ4v) is 3.88. The molecule has 3 rings (SSSR count). The number of thioether (sulfide) groups is 1. The maximum absolute atomic E-state index is 13.2. The van der Waals surface area contributed by atoms with Crippen molar-refractivity contribution >= 4 is 46.3 Å². The summed E-state index contributed by atoms with van der Waals surface area (Å²) in [6, 6.07) is 1.85. The Morgan fingerprint density at radius 2 is 1.96 bits per heavy atom. The fraction of sp³-hybridized carbons (Fsp3) is 0.375. The zero-order valence-corrected chi connectivity index (χ0v) is 15.0. The predicted octanol–water partition coefficient (Wildman–Crippen LogP) is 3.48. The van der Waals surface area contributed by atoms with E-state index in [0.29, 0.717) is 37.1 Å². The summed E-state index contributed by atoms with van der Waals surface area (Å²) in [5.41, 5.74) is -0.302. The number of hydrogen-bond acceptors (Lipinski definition) is 5. The van der Waals surface area contributed by atoms with Crippen LogP contribution in [0.4, 0.5) is 23.7 Å². The number of halogens is 4. The van der Waals surface area contributed by atoms with E-state index < -0.39 is 22.9 Å². The number of anilines is 1. The topological polar surface area (TPSA) is 61.4 Å². The normalized spacial score (nSPS) is 20.5. The summed E-state index contributed by atoms with van der Waals surface area (Å²) in [7, 11) is 0. The van der Waals surface area contributed by atoms with Crippen LogP contribution in [0, 0.1) is 0 Å². The second-order valence-electron chi connectivity index (χ2n) is 5.84. The van der Waals surface area contributed by atoms with E-state index in [1.165, 1.54) is 6.08 Å². The van der Waals surface area contributed by atoms with Gasteiger partial charge in [-0.05, 0) is 42.9 Å². The van der Waals surface area contributed by atoms with Crippen molar-refractivity contribution in [3.8, 4) is 0 Å². The van der Waals surface area contributed by atoms with E-state index >= 15 is 0 Å². The van der Waals surface area contributed by atoms with Crippen molar-refractivity contribution in [2.45, 2.75) is 12.6 Å². The molecule has 0 spiro atoms. The lowest BCUT2D eigenvalue weighted by Crippen LogP contribution is -2.29. The Balaban J connectivity index is 2.11. The van der Waals surface area contributed by atoms with Gasteiger partial charge in [-0.1, -0.05) is 11.6 Å². The second kappa shape index (κ2) is 7.50. The molecule has 0 aliphatic carbocycles. The number of benzene rings is 1. The molecule has 10 heteroatoms. The van der Waals surface area contributed by atoms with Crippen LogP contribution >= 0.6 is 23.4 Å². The molecule has 2 N–H and O–H groups in total. The minimum atomic E-state index is -4.57. The summed E-state index contributed by atoms with van der Waals surface area (Å²) < 4.78 is 39.6. The van der Waals surface area contributed by atoms with Crippen molar-refractivity contribution in [1.82, 2.24) is 10.6 Å². The number of hydrogen-bond donors (Lipinski definition) is 2. The van der Waals surface area contributed by atoms with Gasteiger partial charge in [0.2, 0.25) is 0 Å². The molecule has 0 radical (unpaired) electrons. The van der Waals surface area contributed by atoms with Crippen LogP contribution in [0.5, 0.6) is 0 Å². The average molecular weight is 406 g/mol. The van der Waals surface area contributed by atoms with Gasteiger partial charge in [0.15, 0.2) is 0 Å². The maximum atomic E-state index is 13.2. The van der Waals surface area contributed by atoms with Crippen molar-refractivity contribution in [3.05, 3.63) is 33.2 Å². The van der Waals surface area contributed by atoms with Gasteiger partial charge in [0.25, 0.3) is 11.1 Å². The highest BCUT2D eigenvalue weighted by Gasteiger charge is 2.33. The van der Waals surface area contributed by atoms with Gasteiger partial charge in [0, 0.05) is 25.2 Å². The van der Waals surface area contributed by atoms with E-state index in [0.717, 1.165) is 25.1 Å². The molecule has 5 nitrogen and oxygen atoms in total. The molecule has 1 aromatic carbocycles.